The summed E-state index contributed by atoms with van der Waals surface area (Å²) in [6.45, 7) is 6.16. The standard InChI is InChI=1S/C15H19N3O/c1-11-10-14(18-8-6-17(2)7-9-18)16-15-12(11)4-3-5-13(15)19/h3-5,10,19H,6-9H2,1-2H3. The molecular weight excluding hydrogens is 238 g/mol. The average molecular weight is 257 g/mol. The molecule has 100 valence electrons. The molecule has 1 aliphatic rings. The lowest BCUT2D eigenvalue weighted by atomic mass is 10.1. The smallest absolute Gasteiger partial charge is 0.141 e. The molecule has 3 rings (SSSR count). The van der Waals surface area contributed by atoms with Crippen molar-refractivity contribution in [2.75, 3.05) is 38.1 Å². The van der Waals surface area contributed by atoms with E-state index in [1.165, 1.54) is 0 Å². The van der Waals surface area contributed by atoms with E-state index in [2.05, 4.69) is 34.8 Å². The SMILES string of the molecule is Cc1cc(N2CCN(C)CC2)nc2c(O)cccc12. The van der Waals surface area contributed by atoms with Gasteiger partial charge in [-0.3, -0.25) is 0 Å². The van der Waals surface area contributed by atoms with Gasteiger partial charge in [0, 0.05) is 31.6 Å². The van der Waals surface area contributed by atoms with E-state index in [0.29, 0.717) is 5.52 Å². The van der Waals surface area contributed by atoms with Crippen molar-refractivity contribution in [3.8, 4) is 5.75 Å². The number of aromatic nitrogens is 1. The summed E-state index contributed by atoms with van der Waals surface area (Å²) in [5.74, 6) is 1.23. The van der Waals surface area contributed by atoms with Gasteiger partial charge in [-0.2, -0.15) is 0 Å². The number of aromatic hydroxyl groups is 1. The molecule has 19 heavy (non-hydrogen) atoms. The Balaban J connectivity index is 2.03. The lowest BCUT2D eigenvalue weighted by Crippen LogP contribution is -2.44. The van der Waals surface area contributed by atoms with Crippen LogP contribution in [0.2, 0.25) is 0 Å². The van der Waals surface area contributed by atoms with E-state index in [0.717, 1.165) is 42.9 Å². The minimum atomic E-state index is 0.261. The van der Waals surface area contributed by atoms with Gasteiger partial charge in [-0.1, -0.05) is 12.1 Å². The van der Waals surface area contributed by atoms with Crippen LogP contribution >= 0.6 is 0 Å². The highest BCUT2D eigenvalue weighted by atomic mass is 16.3. The maximum atomic E-state index is 9.97. The first-order chi connectivity index (χ1) is 9.15. The van der Waals surface area contributed by atoms with Crippen molar-refractivity contribution < 1.29 is 5.11 Å². The molecule has 0 unspecified atom stereocenters. The molecule has 1 saturated heterocycles. The van der Waals surface area contributed by atoms with E-state index in [1.807, 2.05) is 12.1 Å². The highest BCUT2D eigenvalue weighted by Gasteiger charge is 2.16. The summed E-state index contributed by atoms with van der Waals surface area (Å²) in [6, 6.07) is 7.68. The van der Waals surface area contributed by atoms with Crippen molar-refractivity contribution in [2.45, 2.75) is 6.92 Å². The molecule has 0 bridgehead atoms. The second kappa shape index (κ2) is 4.70. The molecule has 0 aliphatic carbocycles. The van der Waals surface area contributed by atoms with E-state index in [9.17, 15) is 5.11 Å². The number of rotatable bonds is 1. The van der Waals surface area contributed by atoms with E-state index in [1.54, 1.807) is 6.07 Å². The van der Waals surface area contributed by atoms with Gasteiger partial charge >= 0.3 is 0 Å². The predicted molar refractivity (Wildman–Crippen MR) is 77.9 cm³/mol. The number of phenols is 1. The van der Waals surface area contributed by atoms with Gasteiger partial charge in [0.2, 0.25) is 0 Å². The number of hydrogen-bond donors (Lipinski definition) is 1. The maximum Gasteiger partial charge on any atom is 0.141 e. The molecule has 4 heteroatoms. The number of hydrogen-bond acceptors (Lipinski definition) is 4. The quantitative estimate of drug-likeness (QED) is 0.848. The summed E-state index contributed by atoms with van der Waals surface area (Å²) in [4.78, 5) is 9.25. The normalized spacial score (nSPS) is 17.1. The van der Waals surface area contributed by atoms with E-state index in [4.69, 9.17) is 0 Å². The number of pyridine rings is 1. The number of fused-ring (bicyclic) bond motifs is 1. The van der Waals surface area contributed by atoms with Gasteiger partial charge < -0.3 is 14.9 Å². The Morgan fingerprint density at radius 3 is 2.63 bits per heavy atom. The summed E-state index contributed by atoms with van der Waals surface area (Å²) >= 11 is 0. The number of phenolic OH excluding ortho intramolecular Hbond substituents is 1. The Labute approximate surface area is 113 Å². The summed E-state index contributed by atoms with van der Waals surface area (Å²) in [5.41, 5.74) is 1.87. The number of benzene rings is 1. The Morgan fingerprint density at radius 1 is 1.16 bits per heavy atom. The Hall–Kier alpha value is -1.81. The van der Waals surface area contributed by atoms with Gasteiger partial charge in [0.25, 0.3) is 0 Å². The lowest BCUT2D eigenvalue weighted by Gasteiger charge is -2.33. The van der Waals surface area contributed by atoms with E-state index >= 15 is 0 Å². The van der Waals surface area contributed by atoms with Gasteiger partial charge in [0.1, 0.15) is 17.1 Å². The van der Waals surface area contributed by atoms with Crippen LogP contribution in [-0.2, 0) is 0 Å². The topological polar surface area (TPSA) is 39.6 Å². The maximum absolute atomic E-state index is 9.97. The van der Waals surface area contributed by atoms with Gasteiger partial charge in [0.05, 0.1) is 0 Å². The monoisotopic (exact) mass is 257 g/mol. The Kier molecular flexibility index (Phi) is 3.03. The number of nitrogens with zero attached hydrogens (tertiary/aromatic N) is 3. The van der Waals surface area contributed by atoms with E-state index in [-0.39, 0.29) is 5.75 Å². The molecule has 1 fully saturated rings. The van der Waals surface area contributed by atoms with Crippen LogP contribution in [0.3, 0.4) is 0 Å². The van der Waals surface area contributed by atoms with Crippen LogP contribution in [0.1, 0.15) is 5.56 Å². The van der Waals surface area contributed by atoms with Crippen LogP contribution in [-0.4, -0.2) is 48.2 Å². The van der Waals surface area contributed by atoms with Crippen molar-refractivity contribution in [1.82, 2.24) is 9.88 Å². The fourth-order valence-corrected chi connectivity index (χ4v) is 2.58. The highest BCUT2D eigenvalue weighted by Crippen LogP contribution is 2.28. The Bertz CT molecular complexity index is 604. The van der Waals surface area contributed by atoms with Gasteiger partial charge in [-0.25, -0.2) is 4.98 Å². The zero-order valence-corrected chi connectivity index (χ0v) is 11.4. The second-order valence-electron chi connectivity index (χ2n) is 5.26. The predicted octanol–water partition coefficient (Wildman–Crippen LogP) is 2.00. The number of piperazine rings is 1. The number of para-hydroxylation sites is 1. The molecule has 1 aromatic heterocycles. The fraction of sp³-hybridized carbons (Fsp3) is 0.400. The molecule has 0 spiro atoms. The first-order valence-electron chi connectivity index (χ1n) is 6.68. The summed E-state index contributed by atoms with van der Waals surface area (Å²) in [7, 11) is 2.14. The second-order valence-corrected chi connectivity index (χ2v) is 5.26. The number of aryl methyl sites for hydroxylation is 1. The third kappa shape index (κ3) is 2.24. The van der Waals surface area contributed by atoms with Crippen molar-refractivity contribution >= 4 is 16.7 Å². The summed E-state index contributed by atoms with van der Waals surface area (Å²) in [5, 5.41) is 11.0. The number of likely N-dealkylation sites (N-methyl/N-ethyl adjacent to an activating group) is 1. The molecular formula is C15H19N3O. The fourth-order valence-electron chi connectivity index (χ4n) is 2.58. The molecule has 2 heterocycles. The third-order valence-electron chi connectivity index (χ3n) is 3.84. The van der Waals surface area contributed by atoms with Gasteiger partial charge in [0.15, 0.2) is 0 Å². The van der Waals surface area contributed by atoms with Crippen LogP contribution in [0.15, 0.2) is 24.3 Å². The molecule has 1 aliphatic heterocycles. The van der Waals surface area contributed by atoms with Crippen molar-refractivity contribution in [3.63, 3.8) is 0 Å². The molecule has 2 aromatic rings. The van der Waals surface area contributed by atoms with Crippen LogP contribution in [0.5, 0.6) is 5.75 Å². The van der Waals surface area contributed by atoms with Crippen LogP contribution in [0, 0.1) is 6.92 Å². The zero-order chi connectivity index (χ0) is 13.4. The van der Waals surface area contributed by atoms with E-state index < -0.39 is 0 Å². The first kappa shape index (κ1) is 12.2. The summed E-state index contributed by atoms with van der Waals surface area (Å²) in [6.07, 6.45) is 0. The lowest BCUT2D eigenvalue weighted by molar-refractivity contribution is 0.312. The average Bonchev–Trinajstić information content (AvgIpc) is 2.41. The first-order valence-corrected chi connectivity index (χ1v) is 6.68. The van der Waals surface area contributed by atoms with Crippen LogP contribution < -0.4 is 4.90 Å². The van der Waals surface area contributed by atoms with Gasteiger partial charge in [-0.15, -0.1) is 0 Å². The highest BCUT2D eigenvalue weighted by molar-refractivity contribution is 5.88. The Morgan fingerprint density at radius 2 is 1.89 bits per heavy atom. The third-order valence-corrected chi connectivity index (χ3v) is 3.84. The minimum absolute atomic E-state index is 0.261. The summed E-state index contributed by atoms with van der Waals surface area (Å²) < 4.78 is 0. The molecule has 0 atom stereocenters. The van der Waals surface area contributed by atoms with Crippen LogP contribution in [0.25, 0.3) is 10.9 Å². The van der Waals surface area contributed by atoms with Gasteiger partial charge in [-0.05, 0) is 31.7 Å². The number of anilines is 1. The minimum Gasteiger partial charge on any atom is -0.506 e. The molecule has 0 amide bonds. The van der Waals surface area contributed by atoms with Crippen LogP contribution in [0.4, 0.5) is 5.82 Å². The molecule has 0 saturated carbocycles. The zero-order valence-electron chi connectivity index (χ0n) is 11.4. The molecule has 4 nitrogen and oxygen atoms in total. The van der Waals surface area contributed by atoms with Crippen molar-refractivity contribution in [1.29, 1.82) is 0 Å². The van der Waals surface area contributed by atoms with Crippen molar-refractivity contribution in [2.24, 2.45) is 0 Å². The molecule has 1 aromatic carbocycles. The van der Waals surface area contributed by atoms with Crippen molar-refractivity contribution in [3.05, 3.63) is 29.8 Å². The molecule has 0 radical (unpaired) electrons. The largest absolute Gasteiger partial charge is 0.506 e. The molecule has 1 N–H and O–H groups in total.